The Labute approximate surface area is 163 Å². The monoisotopic (exact) mass is 410 g/mol. The van der Waals surface area contributed by atoms with Crippen molar-refractivity contribution in [2.24, 2.45) is 5.92 Å². The van der Waals surface area contributed by atoms with E-state index in [1.54, 1.807) is 42.8 Å². The fourth-order valence-corrected chi connectivity index (χ4v) is 5.65. The largest absolute Gasteiger partial charge is 0.497 e. The second-order valence-electron chi connectivity index (χ2n) is 6.17. The van der Waals surface area contributed by atoms with E-state index in [0.717, 1.165) is 0 Å². The van der Waals surface area contributed by atoms with Crippen LogP contribution in [0.5, 0.6) is 11.5 Å². The highest BCUT2D eigenvalue weighted by Crippen LogP contribution is 2.31. The van der Waals surface area contributed by atoms with Crippen LogP contribution in [0.15, 0.2) is 39.9 Å². The highest BCUT2D eigenvalue weighted by atomic mass is 32.2. The van der Waals surface area contributed by atoms with Crippen LogP contribution in [0.2, 0.25) is 0 Å². The summed E-state index contributed by atoms with van der Waals surface area (Å²) in [6, 6.07) is 8.50. The van der Waals surface area contributed by atoms with Gasteiger partial charge in [-0.05, 0) is 36.4 Å². The van der Waals surface area contributed by atoms with Crippen molar-refractivity contribution >= 4 is 33.0 Å². The molecular weight excluding hydrogens is 388 g/mol. The average molecular weight is 411 g/mol. The van der Waals surface area contributed by atoms with Crippen molar-refractivity contribution in [2.75, 3.05) is 32.6 Å². The molecule has 1 N–H and O–H groups in total. The van der Waals surface area contributed by atoms with Crippen LogP contribution in [-0.2, 0) is 14.8 Å². The molecule has 1 amide bonds. The summed E-state index contributed by atoms with van der Waals surface area (Å²) in [6.45, 7) is 0.663. The van der Waals surface area contributed by atoms with Crippen molar-refractivity contribution in [3.63, 3.8) is 0 Å². The average Bonchev–Trinajstić information content (AvgIpc) is 3.24. The number of nitrogens with one attached hydrogen (secondary N) is 1. The second kappa shape index (κ2) is 8.28. The van der Waals surface area contributed by atoms with E-state index >= 15 is 0 Å². The first kappa shape index (κ1) is 19.7. The van der Waals surface area contributed by atoms with E-state index in [1.165, 1.54) is 22.8 Å². The molecule has 0 saturated carbocycles. The molecule has 1 saturated heterocycles. The number of nitrogens with zero attached hydrogens (tertiary/aromatic N) is 1. The summed E-state index contributed by atoms with van der Waals surface area (Å²) in [5, 5.41) is 4.62. The highest BCUT2D eigenvalue weighted by molar-refractivity contribution is 7.91. The number of carbonyl (C=O) groups excluding carboxylic acids is 1. The molecule has 1 aliphatic rings. The first-order valence-electron chi connectivity index (χ1n) is 8.52. The molecule has 146 valence electrons. The Bertz CT molecular complexity index is 888. The molecule has 9 heteroatoms. The molecule has 3 rings (SSSR count). The van der Waals surface area contributed by atoms with Gasteiger partial charge in [-0.3, -0.25) is 4.79 Å². The number of anilines is 1. The predicted octanol–water partition coefficient (Wildman–Crippen LogP) is 2.80. The van der Waals surface area contributed by atoms with Gasteiger partial charge in [-0.2, -0.15) is 4.31 Å². The third-order valence-corrected chi connectivity index (χ3v) is 7.85. The van der Waals surface area contributed by atoms with E-state index < -0.39 is 10.0 Å². The number of hydrogen-bond donors (Lipinski definition) is 1. The van der Waals surface area contributed by atoms with Gasteiger partial charge in [0.2, 0.25) is 5.91 Å². The van der Waals surface area contributed by atoms with Crippen molar-refractivity contribution in [3.05, 3.63) is 35.7 Å². The van der Waals surface area contributed by atoms with Gasteiger partial charge >= 0.3 is 0 Å². The lowest BCUT2D eigenvalue weighted by Crippen LogP contribution is -2.41. The summed E-state index contributed by atoms with van der Waals surface area (Å²) < 4.78 is 37.4. The van der Waals surface area contributed by atoms with Gasteiger partial charge in [-0.15, -0.1) is 11.3 Å². The van der Waals surface area contributed by atoms with E-state index in [2.05, 4.69) is 5.32 Å². The number of methoxy groups -OCH3 is 2. The van der Waals surface area contributed by atoms with Crippen LogP contribution >= 0.6 is 11.3 Å². The molecule has 0 atom stereocenters. The molecule has 1 fully saturated rings. The summed E-state index contributed by atoms with van der Waals surface area (Å²) in [6.07, 6.45) is 0.962. The van der Waals surface area contributed by atoms with Crippen molar-refractivity contribution in [2.45, 2.75) is 17.1 Å². The topological polar surface area (TPSA) is 84.9 Å². The van der Waals surface area contributed by atoms with Crippen molar-refractivity contribution in [3.8, 4) is 11.5 Å². The number of amides is 1. The van der Waals surface area contributed by atoms with E-state index in [9.17, 15) is 13.2 Å². The van der Waals surface area contributed by atoms with Gasteiger partial charge < -0.3 is 14.8 Å². The Morgan fingerprint density at radius 1 is 1.19 bits per heavy atom. The summed E-state index contributed by atoms with van der Waals surface area (Å²) in [5.74, 6) is 0.774. The van der Waals surface area contributed by atoms with Crippen molar-refractivity contribution in [1.82, 2.24) is 4.31 Å². The summed E-state index contributed by atoms with van der Waals surface area (Å²) >= 11 is 1.21. The Morgan fingerprint density at radius 3 is 2.52 bits per heavy atom. The van der Waals surface area contributed by atoms with Crippen LogP contribution in [0.3, 0.4) is 0 Å². The zero-order chi connectivity index (χ0) is 19.4. The zero-order valence-electron chi connectivity index (χ0n) is 15.2. The van der Waals surface area contributed by atoms with Gasteiger partial charge in [0.15, 0.2) is 0 Å². The first-order valence-corrected chi connectivity index (χ1v) is 10.8. The maximum Gasteiger partial charge on any atom is 0.252 e. The van der Waals surface area contributed by atoms with Gasteiger partial charge in [-0.25, -0.2) is 8.42 Å². The van der Waals surface area contributed by atoms with Gasteiger partial charge in [0.05, 0.1) is 19.9 Å². The smallest absolute Gasteiger partial charge is 0.252 e. The number of sulfonamides is 1. The van der Waals surface area contributed by atoms with Crippen molar-refractivity contribution < 1.29 is 22.7 Å². The third kappa shape index (κ3) is 4.26. The van der Waals surface area contributed by atoms with Crippen molar-refractivity contribution in [1.29, 1.82) is 0 Å². The molecule has 7 nitrogen and oxygen atoms in total. The summed E-state index contributed by atoms with van der Waals surface area (Å²) in [5.41, 5.74) is 0.567. The summed E-state index contributed by atoms with van der Waals surface area (Å²) in [7, 11) is -0.372. The quantitative estimate of drug-likeness (QED) is 0.792. The summed E-state index contributed by atoms with van der Waals surface area (Å²) in [4.78, 5) is 12.6. The zero-order valence-corrected chi connectivity index (χ0v) is 16.8. The highest BCUT2D eigenvalue weighted by Gasteiger charge is 2.32. The lowest BCUT2D eigenvalue weighted by Gasteiger charge is -2.30. The molecule has 0 aliphatic carbocycles. The van der Waals surface area contributed by atoms with E-state index in [1.807, 2.05) is 0 Å². The maximum atomic E-state index is 12.6. The first-order chi connectivity index (χ1) is 13.0. The number of piperidine rings is 1. The minimum atomic E-state index is -3.46. The fourth-order valence-electron chi connectivity index (χ4n) is 3.03. The van der Waals surface area contributed by atoms with Crippen LogP contribution in [0.1, 0.15) is 12.8 Å². The Kier molecular flexibility index (Phi) is 6.03. The van der Waals surface area contributed by atoms with Crippen LogP contribution in [0.4, 0.5) is 5.69 Å². The number of benzene rings is 1. The fraction of sp³-hybridized carbons (Fsp3) is 0.389. The molecule has 0 spiro atoms. The van der Waals surface area contributed by atoms with Gasteiger partial charge in [-0.1, -0.05) is 6.07 Å². The Morgan fingerprint density at radius 2 is 1.93 bits per heavy atom. The normalized spacial score (nSPS) is 16.1. The van der Waals surface area contributed by atoms with Gasteiger partial charge in [0.25, 0.3) is 10.0 Å². The Balaban J connectivity index is 1.62. The van der Waals surface area contributed by atoms with Crippen LogP contribution in [-0.4, -0.2) is 45.9 Å². The number of ether oxygens (including phenoxy) is 2. The minimum absolute atomic E-state index is 0.133. The molecule has 0 bridgehead atoms. The number of carbonyl (C=O) groups is 1. The molecule has 1 aromatic carbocycles. The third-order valence-electron chi connectivity index (χ3n) is 4.58. The molecule has 0 radical (unpaired) electrons. The maximum absolute atomic E-state index is 12.6. The standard InChI is InChI=1S/C18H22N2O5S2/c1-24-14-5-6-15(16(12-14)25-2)19-18(21)13-7-9-20(10-8-13)27(22,23)17-4-3-11-26-17/h3-6,11-13H,7-10H2,1-2H3,(H,19,21). The molecule has 0 unspecified atom stereocenters. The van der Waals surface area contributed by atoms with Gasteiger partial charge in [0.1, 0.15) is 15.7 Å². The molecule has 2 aromatic rings. The SMILES string of the molecule is COc1ccc(NC(=O)C2CCN(S(=O)(=O)c3cccs3)CC2)c(OC)c1. The van der Waals surface area contributed by atoms with E-state index in [4.69, 9.17) is 9.47 Å². The van der Waals surface area contributed by atoms with Crippen LogP contribution < -0.4 is 14.8 Å². The number of thiophene rings is 1. The molecule has 1 aliphatic heterocycles. The number of hydrogen-bond acceptors (Lipinski definition) is 6. The van der Waals surface area contributed by atoms with Crippen LogP contribution in [0.25, 0.3) is 0 Å². The molecule has 27 heavy (non-hydrogen) atoms. The number of rotatable bonds is 6. The Hall–Kier alpha value is -2.10. The molecule has 1 aromatic heterocycles. The second-order valence-corrected chi connectivity index (χ2v) is 9.28. The lowest BCUT2D eigenvalue weighted by atomic mass is 9.97. The van der Waals surface area contributed by atoms with Crippen LogP contribution in [0, 0.1) is 5.92 Å². The lowest BCUT2D eigenvalue weighted by molar-refractivity contribution is -0.120. The predicted molar refractivity (Wildman–Crippen MR) is 104 cm³/mol. The minimum Gasteiger partial charge on any atom is -0.497 e. The van der Waals surface area contributed by atoms with Gasteiger partial charge in [0, 0.05) is 25.1 Å². The molecular formula is C18H22N2O5S2. The van der Waals surface area contributed by atoms with E-state index in [0.29, 0.717) is 47.3 Å². The van der Waals surface area contributed by atoms with E-state index in [-0.39, 0.29) is 11.8 Å². The molecule has 2 heterocycles.